The molecule has 1 N–H and O–H groups in total. The van der Waals surface area contributed by atoms with Gasteiger partial charge in [0.25, 0.3) is 5.91 Å². The van der Waals surface area contributed by atoms with Crippen molar-refractivity contribution in [2.45, 2.75) is 26.9 Å². The van der Waals surface area contributed by atoms with Crippen LogP contribution in [0, 0.1) is 6.92 Å². The summed E-state index contributed by atoms with van der Waals surface area (Å²) in [5.41, 5.74) is 4.77. The number of benzene rings is 3. The smallest absolute Gasteiger partial charge is 0.309 e. The van der Waals surface area contributed by atoms with Gasteiger partial charge >= 0.3 is 7.60 Å². The van der Waals surface area contributed by atoms with Crippen LogP contribution in [0.25, 0.3) is 16.9 Å². The van der Waals surface area contributed by atoms with E-state index >= 15 is 0 Å². The molecule has 3 aromatic carbocycles. The molecular weight excluding hydrogens is 509 g/mol. The molecule has 0 aliphatic heterocycles. The van der Waals surface area contributed by atoms with Crippen molar-refractivity contribution in [3.05, 3.63) is 101 Å². The van der Waals surface area contributed by atoms with Gasteiger partial charge in [0.05, 0.1) is 25.1 Å². The second kappa shape index (κ2) is 11.9. The van der Waals surface area contributed by atoms with E-state index in [1.807, 2.05) is 54.1 Å². The van der Waals surface area contributed by atoms with E-state index in [2.05, 4.69) is 5.32 Å². The minimum atomic E-state index is -3.23. The van der Waals surface area contributed by atoms with Gasteiger partial charge in [0.1, 0.15) is 0 Å². The molecule has 0 atom stereocenters. The molecule has 1 amide bonds. The lowest BCUT2D eigenvalue weighted by atomic mass is 10.1. The average molecular weight is 538 g/mol. The molecule has 1 heterocycles. The minimum Gasteiger partial charge on any atom is -0.309 e. The van der Waals surface area contributed by atoms with E-state index < -0.39 is 7.60 Å². The molecule has 192 valence electrons. The number of hydrogen-bond donors (Lipinski definition) is 1. The number of halogens is 1. The largest absolute Gasteiger partial charge is 0.335 e. The van der Waals surface area contributed by atoms with Gasteiger partial charge in [0, 0.05) is 28.0 Å². The number of aromatic nitrogens is 2. The van der Waals surface area contributed by atoms with Crippen LogP contribution in [0.1, 0.15) is 35.3 Å². The van der Waals surface area contributed by atoms with Crippen molar-refractivity contribution in [1.29, 1.82) is 0 Å². The normalized spacial score (nSPS) is 11.5. The first-order valence-corrected chi connectivity index (χ1v) is 14.1. The van der Waals surface area contributed by atoms with E-state index in [-0.39, 0.29) is 12.1 Å². The lowest BCUT2D eigenvalue weighted by Gasteiger charge is -2.17. The van der Waals surface area contributed by atoms with Crippen molar-refractivity contribution in [2.24, 2.45) is 0 Å². The Morgan fingerprint density at radius 2 is 1.57 bits per heavy atom. The zero-order chi connectivity index (χ0) is 26.4. The van der Waals surface area contributed by atoms with E-state index in [4.69, 9.17) is 25.6 Å². The van der Waals surface area contributed by atoms with E-state index in [0.717, 1.165) is 22.4 Å². The van der Waals surface area contributed by atoms with Gasteiger partial charge in [-0.25, -0.2) is 4.98 Å². The maximum atomic E-state index is 13.2. The molecule has 0 unspecified atom stereocenters. The van der Waals surface area contributed by atoms with Crippen molar-refractivity contribution in [2.75, 3.05) is 18.5 Å². The van der Waals surface area contributed by atoms with Crippen LogP contribution < -0.4 is 5.32 Å². The number of carbonyl (C=O) groups is 1. The molecule has 9 heteroatoms. The summed E-state index contributed by atoms with van der Waals surface area (Å²) >= 11 is 6.05. The van der Waals surface area contributed by atoms with Crippen LogP contribution in [-0.2, 0) is 19.8 Å². The predicted molar refractivity (Wildman–Crippen MR) is 148 cm³/mol. The Balaban J connectivity index is 1.59. The predicted octanol–water partition coefficient (Wildman–Crippen LogP) is 7.52. The first-order chi connectivity index (χ1) is 17.8. The summed E-state index contributed by atoms with van der Waals surface area (Å²) in [5, 5.41) is 3.57. The molecule has 0 bridgehead atoms. The fraction of sp³-hybridized carbons (Fsp3) is 0.214. The molecule has 0 saturated heterocycles. The summed E-state index contributed by atoms with van der Waals surface area (Å²) < 4.78 is 25.4. The highest BCUT2D eigenvalue weighted by Gasteiger charge is 2.24. The second-order valence-corrected chi connectivity index (χ2v) is 10.9. The van der Waals surface area contributed by atoms with Crippen molar-refractivity contribution >= 4 is 31.1 Å². The van der Waals surface area contributed by atoms with Gasteiger partial charge in [-0.15, -0.1) is 0 Å². The van der Waals surface area contributed by atoms with Crippen LogP contribution in [-0.4, -0.2) is 28.7 Å². The molecule has 0 aliphatic rings. The second-order valence-electron chi connectivity index (χ2n) is 8.42. The van der Waals surface area contributed by atoms with Gasteiger partial charge in [0.15, 0.2) is 0 Å². The van der Waals surface area contributed by atoms with Crippen molar-refractivity contribution in [1.82, 2.24) is 9.55 Å². The van der Waals surface area contributed by atoms with Crippen LogP contribution in [0.3, 0.4) is 0 Å². The zero-order valence-electron chi connectivity index (χ0n) is 21.0. The lowest BCUT2D eigenvalue weighted by Crippen LogP contribution is -2.15. The van der Waals surface area contributed by atoms with Crippen LogP contribution in [0.2, 0.25) is 5.02 Å². The first kappa shape index (κ1) is 26.8. The topological polar surface area (TPSA) is 82.5 Å². The Morgan fingerprint density at radius 1 is 0.946 bits per heavy atom. The Morgan fingerprint density at radius 3 is 2.16 bits per heavy atom. The Bertz CT molecular complexity index is 1390. The number of nitrogens with zero attached hydrogens (tertiary/aromatic N) is 2. The van der Waals surface area contributed by atoms with Crippen LogP contribution >= 0.6 is 19.2 Å². The summed E-state index contributed by atoms with van der Waals surface area (Å²) in [6, 6.07) is 22.2. The molecule has 0 aliphatic carbocycles. The van der Waals surface area contributed by atoms with Crippen molar-refractivity contribution in [3.8, 4) is 16.9 Å². The van der Waals surface area contributed by atoms with E-state index in [9.17, 15) is 9.36 Å². The summed E-state index contributed by atoms with van der Waals surface area (Å²) in [4.78, 5) is 17.9. The molecule has 1 aromatic heterocycles. The number of imidazole rings is 1. The van der Waals surface area contributed by atoms with Gasteiger partial charge in [0.2, 0.25) is 5.95 Å². The van der Waals surface area contributed by atoms with Gasteiger partial charge in [-0.2, -0.15) is 0 Å². The monoisotopic (exact) mass is 537 g/mol. The number of nitrogens with one attached hydrogen (secondary N) is 1. The maximum Gasteiger partial charge on any atom is 0.335 e. The number of amides is 1. The van der Waals surface area contributed by atoms with Crippen LogP contribution in [0.5, 0.6) is 0 Å². The molecule has 0 fully saturated rings. The summed E-state index contributed by atoms with van der Waals surface area (Å²) in [6.45, 7) is 6.16. The van der Waals surface area contributed by atoms with Crippen LogP contribution in [0.15, 0.2) is 79.0 Å². The number of carbonyl (C=O) groups excluding carboxylic acids is 1. The number of hydrogen-bond acceptors (Lipinski definition) is 5. The van der Waals surface area contributed by atoms with Gasteiger partial charge in [-0.3, -0.25) is 19.2 Å². The third-order valence-electron chi connectivity index (χ3n) is 5.63. The molecule has 0 spiro atoms. The molecule has 4 rings (SSSR count). The molecular formula is C28H29ClN3O4P. The van der Waals surface area contributed by atoms with Gasteiger partial charge in [-0.1, -0.05) is 53.6 Å². The highest BCUT2D eigenvalue weighted by atomic mass is 35.5. The summed E-state index contributed by atoms with van der Waals surface area (Å²) in [6.07, 6.45) is 2.02. The van der Waals surface area contributed by atoms with Gasteiger partial charge < -0.3 is 9.05 Å². The number of rotatable bonds is 10. The molecule has 4 aromatic rings. The highest BCUT2D eigenvalue weighted by Crippen LogP contribution is 2.51. The highest BCUT2D eigenvalue weighted by molar-refractivity contribution is 7.53. The Kier molecular flexibility index (Phi) is 8.62. The quantitative estimate of drug-likeness (QED) is 0.211. The fourth-order valence-electron chi connectivity index (χ4n) is 3.81. The average Bonchev–Trinajstić information content (AvgIpc) is 3.29. The third kappa shape index (κ3) is 6.76. The fourth-order valence-corrected chi connectivity index (χ4v) is 5.64. The molecule has 7 nitrogen and oxygen atoms in total. The molecule has 37 heavy (non-hydrogen) atoms. The number of aryl methyl sites for hydroxylation is 1. The first-order valence-electron chi connectivity index (χ1n) is 12.0. The maximum absolute atomic E-state index is 13.2. The van der Waals surface area contributed by atoms with Gasteiger partial charge in [-0.05, 0) is 62.7 Å². The summed E-state index contributed by atoms with van der Waals surface area (Å²) in [7, 11) is -3.23. The van der Waals surface area contributed by atoms with E-state index in [0.29, 0.717) is 35.4 Å². The van der Waals surface area contributed by atoms with E-state index in [1.54, 1.807) is 50.2 Å². The molecule has 0 radical (unpaired) electrons. The standard InChI is InChI=1S/C28H29ClN3O4P/c1-4-35-37(34,36-5-2)19-21-8-10-23(11-9-21)27(33)31-28-30-26(22-12-14-24(29)15-13-22)18-32(28)25-16-6-20(3)7-17-25/h6-18H,4-5,19H2,1-3H3,(H,30,31,33). The summed E-state index contributed by atoms with van der Waals surface area (Å²) in [5.74, 6) is 0.0750. The van der Waals surface area contributed by atoms with Crippen molar-refractivity contribution in [3.63, 3.8) is 0 Å². The Hall–Kier alpha value is -3.22. The SMILES string of the molecule is CCOP(=O)(Cc1ccc(C(=O)Nc2nc(-c3ccc(Cl)cc3)cn2-c2ccc(C)cc2)cc1)OCC. The minimum absolute atomic E-state index is 0.138. The Labute approximate surface area is 222 Å². The number of anilines is 1. The lowest BCUT2D eigenvalue weighted by molar-refractivity contribution is 0.102. The zero-order valence-corrected chi connectivity index (χ0v) is 22.6. The van der Waals surface area contributed by atoms with Crippen LogP contribution in [0.4, 0.5) is 5.95 Å². The van der Waals surface area contributed by atoms with Crippen molar-refractivity contribution < 1.29 is 18.4 Å². The van der Waals surface area contributed by atoms with E-state index in [1.165, 1.54) is 0 Å². The third-order valence-corrected chi connectivity index (χ3v) is 7.93. The molecule has 0 saturated carbocycles.